The van der Waals surface area contributed by atoms with Crippen LogP contribution in [-0.2, 0) is 0 Å². The smallest absolute Gasteiger partial charge is 0.188 e. The van der Waals surface area contributed by atoms with Crippen LogP contribution in [0.25, 0.3) is 0 Å². The summed E-state index contributed by atoms with van der Waals surface area (Å²) in [7, 11) is 0. The number of rotatable bonds is 6. The fourth-order valence-corrected chi connectivity index (χ4v) is 3.58. The first-order valence-electron chi connectivity index (χ1n) is 8.75. The molecule has 0 radical (unpaired) electrons. The van der Waals surface area contributed by atoms with Gasteiger partial charge in [0.05, 0.1) is 12.6 Å². The monoisotopic (exact) mass is 334 g/mol. The molecule has 126 valence electrons. The van der Waals surface area contributed by atoms with Gasteiger partial charge in [-0.3, -0.25) is 9.89 Å². The number of hydrogen-bond donors (Lipinski definition) is 2. The lowest BCUT2D eigenvalue weighted by molar-refractivity contribution is 0.251. The lowest BCUT2D eigenvalue weighted by atomic mass is 9.85. The van der Waals surface area contributed by atoms with E-state index in [1.165, 1.54) is 37.7 Å². The zero-order chi connectivity index (χ0) is 16.1. The summed E-state index contributed by atoms with van der Waals surface area (Å²) in [6.07, 6.45) is 6.51. The molecule has 0 aromatic heterocycles. The van der Waals surface area contributed by atoms with Gasteiger partial charge in [-0.15, -0.1) is 0 Å². The largest absolute Gasteiger partial charge is 0.370 e. The Labute approximate surface area is 144 Å². The fourth-order valence-electron chi connectivity index (χ4n) is 3.39. The molecule has 1 saturated heterocycles. The van der Waals surface area contributed by atoms with Crippen molar-refractivity contribution in [2.24, 2.45) is 16.6 Å². The molecule has 1 atom stereocenters. The number of aliphatic imine (C=N–C) groups is 1. The van der Waals surface area contributed by atoms with E-state index in [9.17, 15) is 0 Å². The van der Waals surface area contributed by atoms with Gasteiger partial charge in [-0.25, -0.2) is 0 Å². The number of nitrogens with one attached hydrogen (secondary N) is 1. The second kappa shape index (κ2) is 8.02. The summed E-state index contributed by atoms with van der Waals surface area (Å²) in [4.78, 5) is 7.10. The molecule has 3 N–H and O–H groups in total. The van der Waals surface area contributed by atoms with Gasteiger partial charge in [0.2, 0.25) is 0 Å². The molecule has 2 fully saturated rings. The molecule has 1 aromatic carbocycles. The number of halogens is 1. The molecular weight excluding hydrogens is 308 g/mol. The topological polar surface area (TPSA) is 53.6 Å². The summed E-state index contributed by atoms with van der Waals surface area (Å²) in [6.45, 7) is 3.90. The van der Waals surface area contributed by atoms with Crippen molar-refractivity contribution in [1.29, 1.82) is 0 Å². The predicted octanol–water partition coefficient (Wildman–Crippen LogP) is 3.18. The fraction of sp³-hybridized carbons (Fsp3) is 0.611. The molecule has 23 heavy (non-hydrogen) atoms. The van der Waals surface area contributed by atoms with Gasteiger partial charge in [0.1, 0.15) is 0 Å². The summed E-state index contributed by atoms with van der Waals surface area (Å²) in [5.74, 6) is 1.36. The van der Waals surface area contributed by atoms with E-state index in [2.05, 4.69) is 27.3 Å². The second-order valence-corrected chi connectivity index (χ2v) is 7.15. The van der Waals surface area contributed by atoms with Crippen molar-refractivity contribution in [1.82, 2.24) is 10.2 Å². The number of nitrogens with two attached hydrogens (primary N) is 1. The van der Waals surface area contributed by atoms with Crippen LogP contribution in [0.4, 0.5) is 0 Å². The van der Waals surface area contributed by atoms with Crippen LogP contribution in [0.1, 0.15) is 43.7 Å². The molecular formula is C18H27ClN4. The Bertz CT molecular complexity index is 536. The van der Waals surface area contributed by atoms with Crippen molar-refractivity contribution >= 4 is 17.6 Å². The third-order valence-corrected chi connectivity index (χ3v) is 5.28. The molecule has 2 aliphatic rings. The highest BCUT2D eigenvalue weighted by Crippen LogP contribution is 2.27. The van der Waals surface area contributed by atoms with Gasteiger partial charge < -0.3 is 11.1 Å². The van der Waals surface area contributed by atoms with Gasteiger partial charge in [0.25, 0.3) is 0 Å². The molecule has 1 aliphatic carbocycles. The summed E-state index contributed by atoms with van der Waals surface area (Å²) in [5, 5.41) is 4.06. The van der Waals surface area contributed by atoms with E-state index in [0.29, 0.717) is 12.5 Å². The van der Waals surface area contributed by atoms with Gasteiger partial charge in [-0.05, 0) is 62.4 Å². The Balaban J connectivity index is 1.63. The van der Waals surface area contributed by atoms with E-state index >= 15 is 0 Å². The molecule has 0 amide bonds. The second-order valence-electron chi connectivity index (χ2n) is 6.72. The molecule has 1 heterocycles. The average molecular weight is 335 g/mol. The molecule has 1 aliphatic heterocycles. The van der Waals surface area contributed by atoms with E-state index in [1.54, 1.807) is 0 Å². The molecule has 1 aromatic rings. The number of benzene rings is 1. The maximum absolute atomic E-state index is 6.17. The van der Waals surface area contributed by atoms with Crippen LogP contribution in [0.2, 0.25) is 5.02 Å². The summed E-state index contributed by atoms with van der Waals surface area (Å²) in [6, 6.07) is 8.40. The van der Waals surface area contributed by atoms with Crippen molar-refractivity contribution in [2.45, 2.75) is 38.1 Å². The first-order valence-corrected chi connectivity index (χ1v) is 9.13. The van der Waals surface area contributed by atoms with E-state index in [0.717, 1.165) is 30.6 Å². The van der Waals surface area contributed by atoms with Gasteiger partial charge in [-0.1, -0.05) is 30.2 Å². The minimum atomic E-state index is 0.264. The number of hydrogen-bond acceptors (Lipinski definition) is 2. The van der Waals surface area contributed by atoms with E-state index in [4.69, 9.17) is 17.3 Å². The lowest BCUT2D eigenvalue weighted by Crippen LogP contribution is -2.38. The standard InChI is InChI=1S/C18H27ClN4/c19-16-8-4-7-15(11-16)17(23-9-1-2-10-23)13-22-18(20)21-12-14-5-3-6-14/h4,7-8,11,14,17H,1-3,5-6,9-10,12-13H2,(H3,20,21,22). The van der Waals surface area contributed by atoms with Gasteiger partial charge in [0.15, 0.2) is 5.96 Å². The highest BCUT2D eigenvalue weighted by Gasteiger charge is 2.23. The van der Waals surface area contributed by atoms with E-state index < -0.39 is 0 Å². The average Bonchev–Trinajstić information content (AvgIpc) is 3.00. The van der Waals surface area contributed by atoms with Gasteiger partial charge >= 0.3 is 0 Å². The summed E-state index contributed by atoms with van der Waals surface area (Å²) in [5.41, 5.74) is 7.28. The normalized spacial score (nSPS) is 21.2. The van der Waals surface area contributed by atoms with Crippen LogP contribution in [-0.4, -0.2) is 37.0 Å². The van der Waals surface area contributed by atoms with Crippen LogP contribution in [0.5, 0.6) is 0 Å². The summed E-state index contributed by atoms with van der Waals surface area (Å²) < 4.78 is 0. The highest BCUT2D eigenvalue weighted by molar-refractivity contribution is 6.30. The number of likely N-dealkylation sites (tertiary alicyclic amines) is 1. The van der Waals surface area contributed by atoms with Crippen molar-refractivity contribution in [3.8, 4) is 0 Å². The van der Waals surface area contributed by atoms with Crippen LogP contribution < -0.4 is 11.1 Å². The first kappa shape index (κ1) is 16.6. The third-order valence-electron chi connectivity index (χ3n) is 5.05. The number of nitrogens with zero attached hydrogens (tertiary/aromatic N) is 2. The molecule has 1 saturated carbocycles. The van der Waals surface area contributed by atoms with Gasteiger partial charge in [0, 0.05) is 11.6 Å². The van der Waals surface area contributed by atoms with Crippen molar-refractivity contribution in [3.05, 3.63) is 34.9 Å². The minimum absolute atomic E-state index is 0.264. The minimum Gasteiger partial charge on any atom is -0.370 e. The molecule has 1 unspecified atom stereocenters. The molecule has 3 rings (SSSR count). The van der Waals surface area contributed by atoms with Crippen LogP contribution in [0.3, 0.4) is 0 Å². The lowest BCUT2D eigenvalue weighted by Gasteiger charge is -2.27. The highest BCUT2D eigenvalue weighted by atomic mass is 35.5. The quantitative estimate of drug-likeness (QED) is 0.620. The molecule has 0 bridgehead atoms. The summed E-state index contributed by atoms with van der Waals surface area (Å²) >= 11 is 6.17. The maximum atomic E-state index is 6.17. The zero-order valence-electron chi connectivity index (χ0n) is 13.7. The zero-order valence-corrected chi connectivity index (χ0v) is 14.4. The SMILES string of the molecule is NC(=NCC(c1cccc(Cl)c1)N1CCCC1)NCC1CCC1. The Morgan fingerprint density at radius 3 is 2.74 bits per heavy atom. The van der Waals surface area contributed by atoms with Crippen LogP contribution >= 0.6 is 11.6 Å². The first-order chi connectivity index (χ1) is 11.2. The van der Waals surface area contributed by atoms with E-state index in [-0.39, 0.29) is 6.04 Å². The Hall–Kier alpha value is -1.26. The third kappa shape index (κ3) is 4.61. The van der Waals surface area contributed by atoms with Crippen molar-refractivity contribution < 1.29 is 0 Å². The van der Waals surface area contributed by atoms with Crippen LogP contribution in [0.15, 0.2) is 29.3 Å². The number of guanidine groups is 1. The molecule has 4 nitrogen and oxygen atoms in total. The van der Waals surface area contributed by atoms with Crippen molar-refractivity contribution in [2.75, 3.05) is 26.2 Å². The Kier molecular flexibility index (Phi) is 5.79. The Morgan fingerprint density at radius 2 is 2.09 bits per heavy atom. The Morgan fingerprint density at radius 1 is 1.30 bits per heavy atom. The maximum Gasteiger partial charge on any atom is 0.188 e. The van der Waals surface area contributed by atoms with Crippen LogP contribution in [0, 0.1) is 5.92 Å². The van der Waals surface area contributed by atoms with E-state index in [1.807, 2.05) is 12.1 Å². The predicted molar refractivity (Wildman–Crippen MR) is 96.8 cm³/mol. The van der Waals surface area contributed by atoms with Gasteiger partial charge in [-0.2, -0.15) is 0 Å². The molecule has 5 heteroatoms. The van der Waals surface area contributed by atoms with Crippen molar-refractivity contribution in [3.63, 3.8) is 0 Å². The molecule has 0 spiro atoms.